The maximum Gasteiger partial charge on any atom is 0.328 e. The fourth-order valence-corrected chi connectivity index (χ4v) is 4.66. The van der Waals surface area contributed by atoms with Gasteiger partial charge >= 0.3 is 5.97 Å². The van der Waals surface area contributed by atoms with Crippen LogP contribution in [0.2, 0.25) is 0 Å². The molecule has 2 aliphatic heterocycles. The van der Waals surface area contributed by atoms with Crippen LogP contribution in [0.15, 0.2) is 17.5 Å². The first-order valence-corrected chi connectivity index (χ1v) is 10.2. The zero-order chi connectivity index (χ0) is 18.7. The molecule has 3 atom stereocenters. The van der Waals surface area contributed by atoms with Gasteiger partial charge in [-0.1, -0.05) is 6.07 Å². The van der Waals surface area contributed by atoms with Crippen LogP contribution < -0.4 is 5.32 Å². The first-order valence-electron chi connectivity index (χ1n) is 8.79. The molecular weight excluding hydrogens is 374 g/mol. The van der Waals surface area contributed by atoms with Crippen molar-refractivity contribution in [3.05, 3.63) is 22.4 Å². The van der Waals surface area contributed by atoms with Gasteiger partial charge in [-0.15, -0.1) is 11.3 Å². The minimum atomic E-state index is -1.00. The number of hydrogen-bond acceptors (Lipinski definition) is 6. The van der Waals surface area contributed by atoms with Crippen LogP contribution >= 0.6 is 24.0 Å². The molecule has 2 fully saturated rings. The summed E-state index contributed by atoms with van der Waals surface area (Å²) in [5.74, 6) is -1.63. The molecule has 2 aliphatic rings. The third kappa shape index (κ3) is 4.21. The molecule has 0 radical (unpaired) electrons. The molecule has 26 heavy (non-hydrogen) atoms. The quantitative estimate of drug-likeness (QED) is 0.649. The highest BCUT2D eigenvalue weighted by atomic mass is 32.1. The van der Waals surface area contributed by atoms with Gasteiger partial charge in [-0.25, -0.2) is 9.80 Å². The topological polar surface area (TPSA) is 89.9 Å². The first-order chi connectivity index (χ1) is 12.5. The molecule has 3 rings (SSSR count). The number of carbonyl (C=O) groups is 3. The third-order valence-corrected chi connectivity index (χ3v) is 6.12. The van der Waals surface area contributed by atoms with E-state index in [4.69, 9.17) is 0 Å². The molecule has 1 aromatic heterocycles. The summed E-state index contributed by atoms with van der Waals surface area (Å²) in [6.45, 7) is 1.30. The SMILES string of the molecule is O=C(N[C@@H]1CCCN2CCC[C@@H](C(=O)O)N2C1=O)[C@@H](S)Cc1cccs1. The van der Waals surface area contributed by atoms with Gasteiger partial charge in [0.15, 0.2) is 0 Å². The number of carboxylic acid groups (broad SMARTS) is 1. The zero-order valence-corrected chi connectivity index (χ0v) is 16.0. The summed E-state index contributed by atoms with van der Waals surface area (Å²) in [4.78, 5) is 38.1. The second-order valence-electron chi connectivity index (χ2n) is 6.64. The third-order valence-electron chi connectivity index (χ3n) is 4.81. The second kappa shape index (κ2) is 8.41. The Bertz CT molecular complexity index is 667. The number of carbonyl (C=O) groups excluding carboxylic acids is 2. The highest BCUT2D eigenvalue weighted by molar-refractivity contribution is 7.81. The number of nitrogens with zero attached hydrogens (tertiary/aromatic N) is 2. The predicted molar refractivity (Wildman–Crippen MR) is 101 cm³/mol. The number of amides is 2. The maximum absolute atomic E-state index is 13.0. The smallest absolute Gasteiger partial charge is 0.328 e. The van der Waals surface area contributed by atoms with Gasteiger partial charge < -0.3 is 10.4 Å². The molecular formula is C17H23N3O4S2. The summed E-state index contributed by atoms with van der Waals surface area (Å²) >= 11 is 5.94. The van der Waals surface area contributed by atoms with Gasteiger partial charge in [-0.05, 0) is 37.1 Å². The van der Waals surface area contributed by atoms with Crippen LogP contribution in [0.3, 0.4) is 0 Å². The van der Waals surface area contributed by atoms with Crippen LogP contribution in [0.25, 0.3) is 0 Å². The molecule has 0 saturated carbocycles. The van der Waals surface area contributed by atoms with E-state index in [1.54, 1.807) is 11.3 Å². The lowest BCUT2D eigenvalue weighted by Crippen LogP contribution is -2.61. The van der Waals surface area contributed by atoms with Crippen molar-refractivity contribution < 1.29 is 19.5 Å². The summed E-state index contributed by atoms with van der Waals surface area (Å²) in [6.07, 6.45) is 2.91. The van der Waals surface area contributed by atoms with Crippen molar-refractivity contribution in [3.63, 3.8) is 0 Å². The average molecular weight is 398 g/mol. The molecule has 1 aromatic rings. The standard InChI is InChI=1S/C17H23N3O4S2/c21-15(14(25)10-11-4-3-9-26-11)18-12-5-1-7-19-8-2-6-13(17(23)24)20(19)16(12)22/h3-4,9,12-14,25H,1-2,5-8,10H2,(H,18,21)(H,23,24)/t12-,13+,14+/m1/s1. The Balaban J connectivity index is 1.68. The number of rotatable bonds is 5. The Morgan fingerprint density at radius 3 is 2.73 bits per heavy atom. The van der Waals surface area contributed by atoms with E-state index in [1.165, 1.54) is 5.01 Å². The van der Waals surface area contributed by atoms with Gasteiger partial charge in [-0.3, -0.25) is 14.6 Å². The van der Waals surface area contributed by atoms with Crippen molar-refractivity contribution in [2.45, 2.75) is 49.4 Å². The molecule has 7 nitrogen and oxygen atoms in total. The van der Waals surface area contributed by atoms with Gasteiger partial charge in [-0.2, -0.15) is 12.6 Å². The number of thiophene rings is 1. The van der Waals surface area contributed by atoms with Crippen molar-refractivity contribution in [2.75, 3.05) is 13.1 Å². The van der Waals surface area contributed by atoms with Gasteiger partial charge in [0.1, 0.15) is 12.1 Å². The minimum Gasteiger partial charge on any atom is -0.480 e. The van der Waals surface area contributed by atoms with Crippen LogP contribution in [-0.4, -0.2) is 63.3 Å². The number of nitrogens with one attached hydrogen (secondary N) is 1. The Labute approximate surface area is 161 Å². The van der Waals surface area contributed by atoms with Gasteiger partial charge in [0.25, 0.3) is 5.91 Å². The van der Waals surface area contributed by atoms with Gasteiger partial charge in [0, 0.05) is 24.4 Å². The molecule has 0 aromatic carbocycles. The van der Waals surface area contributed by atoms with Crippen LogP contribution in [0, 0.1) is 0 Å². The molecule has 0 bridgehead atoms. The highest BCUT2D eigenvalue weighted by Gasteiger charge is 2.42. The number of carboxylic acids is 1. The van der Waals surface area contributed by atoms with E-state index in [9.17, 15) is 19.5 Å². The van der Waals surface area contributed by atoms with E-state index in [1.807, 2.05) is 22.5 Å². The van der Waals surface area contributed by atoms with Crippen molar-refractivity contribution in [2.24, 2.45) is 0 Å². The second-order valence-corrected chi connectivity index (χ2v) is 8.29. The summed E-state index contributed by atoms with van der Waals surface area (Å²) in [7, 11) is 0. The normalized spacial score (nSPS) is 25.3. The van der Waals surface area contributed by atoms with E-state index < -0.39 is 23.3 Å². The number of aliphatic carboxylic acids is 1. The number of fused-ring (bicyclic) bond motifs is 1. The van der Waals surface area contributed by atoms with E-state index in [0.717, 1.165) is 17.7 Å². The number of hydrazine groups is 1. The van der Waals surface area contributed by atoms with Gasteiger partial charge in [0.2, 0.25) is 5.91 Å². The maximum atomic E-state index is 13.0. The summed E-state index contributed by atoms with van der Waals surface area (Å²) < 4.78 is 0. The van der Waals surface area contributed by atoms with Crippen molar-refractivity contribution in [1.82, 2.24) is 15.3 Å². The zero-order valence-electron chi connectivity index (χ0n) is 14.3. The van der Waals surface area contributed by atoms with E-state index in [-0.39, 0.29) is 11.8 Å². The molecule has 9 heteroatoms. The van der Waals surface area contributed by atoms with Crippen LogP contribution in [-0.2, 0) is 20.8 Å². The summed E-state index contributed by atoms with van der Waals surface area (Å²) in [6, 6.07) is 2.31. The average Bonchev–Trinajstić information content (AvgIpc) is 3.07. The van der Waals surface area contributed by atoms with Crippen LogP contribution in [0.1, 0.15) is 30.6 Å². The number of hydrogen-bond donors (Lipinski definition) is 3. The minimum absolute atomic E-state index is 0.294. The molecule has 0 unspecified atom stereocenters. The molecule has 0 aliphatic carbocycles. The summed E-state index contributed by atoms with van der Waals surface area (Å²) in [5.41, 5.74) is 0. The van der Waals surface area contributed by atoms with Crippen molar-refractivity contribution in [3.8, 4) is 0 Å². The van der Waals surface area contributed by atoms with Crippen LogP contribution in [0.4, 0.5) is 0 Å². The molecule has 2 saturated heterocycles. The van der Waals surface area contributed by atoms with Crippen LogP contribution in [0.5, 0.6) is 0 Å². The molecule has 3 heterocycles. The largest absolute Gasteiger partial charge is 0.480 e. The molecule has 2 N–H and O–H groups in total. The first kappa shape index (κ1) is 19.2. The Morgan fingerprint density at radius 2 is 2.08 bits per heavy atom. The number of thiol groups is 1. The van der Waals surface area contributed by atoms with Crippen molar-refractivity contribution in [1.29, 1.82) is 0 Å². The predicted octanol–water partition coefficient (Wildman–Crippen LogP) is 1.16. The molecule has 142 valence electrons. The lowest BCUT2D eigenvalue weighted by atomic mass is 10.1. The summed E-state index contributed by atoms with van der Waals surface area (Å²) in [5, 5.41) is 16.8. The Morgan fingerprint density at radius 1 is 1.35 bits per heavy atom. The lowest BCUT2D eigenvalue weighted by Gasteiger charge is -2.42. The van der Waals surface area contributed by atoms with E-state index in [2.05, 4.69) is 17.9 Å². The fourth-order valence-electron chi connectivity index (χ4n) is 3.51. The molecule has 0 spiro atoms. The Kier molecular flexibility index (Phi) is 6.20. The highest BCUT2D eigenvalue weighted by Crippen LogP contribution is 2.24. The van der Waals surface area contributed by atoms with E-state index >= 15 is 0 Å². The Hall–Kier alpha value is -1.58. The molecule has 2 amide bonds. The monoisotopic (exact) mass is 397 g/mol. The van der Waals surface area contributed by atoms with Crippen molar-refractivity contribution >= 4 is 41.7 Å². The lowest BCUT2D eigenvalue weighted by molar-refractivity contribution is -0.174. The van der Waals surface area contributed by atoms with E-state index in [0.29, 0.717) is 32.4 Å². The fraction of sp³-hybridized carbons (Fsp3) is 0.588. The van der Waals surface area contributed by atoms with Gasteiger partial charge in [0.05, 0.1) is 5.25 Å².